The molecule has 54 heavy (non-hydrogen) atoms. The van der Waals surface area contributed by atoms with E-state index in [1.54, 1.807) is 42.5 Å². The first-order valence-electron chi connectivity index (χ1n) is 18.6. The van der Waals surface area contributed by atoms with Crippen LogP contribution >= 0.6 is 0 Å². The smallest absolute Gasteiger partial charge is 0.379 e. The van der Waals surface area contributed by atoms with Gasteiger partial charge in [0.05, 0.1) is 124 Å². The fourth-order valence-corrected chi connectivity index (χ4v) is 4.24. The first-order chi connectivity index (χ1) is 26.6. The molecular weight excluding hydrogens is 706 g/mol. The Morgan fingerprint density at radius 1 is 0.444 bits per heavy atom. The summed E-state index contributed by atoms with van der Waals surface area (Å²) in [5.74, 6) is -1.95. The van der Waals surface area contributed by atoms with Gasteiger partial charge in [-0.25, -0.2) is 9.59 Å². The van der Waals surface area contributed by atoms with Crippen molar-refractivity contribution in [2.24, 2.45) is 0 Å². The lowest BCUT2D eigenvalue weighted by molar-refractivity contribution is -0.139. The number of esters is 2. The second-order valence-corrected chi connectivity index (χ2v) is 11.3. The molecule has 0 atom stereocenters. The Labute approximate surface area is 319 Å². The van der Waals surface area contributed by atoms with Gasteiger partial charge < -0.3 is 57.4 Å². The lowest BCUT2D eigenvalue weighted by Gasteiger charge is -2.09. The highest BCUT2D eigenvalue weighted by molar-refractivity contribution is 6.40. The van der Waals surface area contributed by atoms with Gasteiger partial charge in [0.15, 0.2) is 0 Å². The minimum absolute atomic E-state index is 0.00845. The van der Waals surface area contributed by atoms with Crippen LogP contribution in [0.15, 0.2) is 54.6 Å². The molecule has 0 bridgehead atoms. The fourth-order valence-electron chi connectivity index (χ4n) is 4.24. The molecule has 304 valence electrons. The maximum Gasteiger partial charge on any atom is 0.379 e. The average Bonchev–Trinajstić information content (AvgIpc) is 3.20. The summed E-state index contributed by atoms with van der Waals surface area (Å²) in [6.07, 6.45) is 2.23. The van der Waals surface area contributed by atoms with Gasteiger partial charge in [-0.05, 0) is 30.7 Å². The summed E-state index contributed by atoms with van der Waals surface area (Å²) < 4.78 is 59.2. The van der Waals surface area contributed by atoms with Crippen LogP contribution in [0.25, 0.3) is 0 Å². The summed E-state index contributed by atoms with van der Waals surface area (Å²) in [7, 11) is 0. The first kappa shape index (κ1) is 46.6. The van der Waals surface area contributed by atoms with E-state index in [9.17, 15) is 14.4 Å². The van der Waals surface area contributed by atoms with Crippen LogP contribution in [0, 0.1) is 0 Å². The Morgan fingerprint density at radius 3 is 1.20 bits per heavy atom. The van der Waals surface area contributed by atoms with Gasteiger partial charge in [-0.3, -0.25) is 4.79 Å². The molecule has 0 heterocycles. The van der Waals surface area contributed by atoms with E-state index in [-0.39, 0.29) is 25.8 Å². The molecule has 0 radical (unpaired) electrons. The molecule has 0 unspecified atom stereocenters. The lowest BCUT2D eigenvalue weighted by Crippen LogP contribution is -2.20. The number of benzene rings is 2. The first-order valence-corrected chi connectivity index (χ1v) is 18.6. The van der Waals surface area contributed by atoms with E-state index in [1.807, 2.05) is 12.1 Å². The number of nitrogens with one attached hydrogen (secondary N) is 1. The van der Waals surface area contributed by atoms with Crippen LogP contribution in [0.1, 0.15) is 40.5 Å². The second kappa shape index (κ2) is 34.0. The second-order valence-electron chi connectivity index (χ2n) is 11.3. The molecule has 0 saturated carbocycles. The third kappa shape index (κ3) is 25.5. The van der Waals surface area contributed by atoms with Crippen molar-refractivity contribution in [3.8, 4) is 0 Å². The van der Waals surface area contributed by atoms with Gasteiger partial charge in [-0.15, -0.1) is 0 Å². The van der Waals surface area contributed by atoms with Crippen molar-refractivity contribution in [2.75, 3.05) is 144 Å². The lowest BCUT2D eigenvalue weighted by atomic mass is 10.1. The molecule has 2 aromatic carbocycles. The van der Waals surface area contributed by atoms with Crippen LogP contribution in [0.2, 0.25) is 0 Å². The van der Waals surface area contributed by atoms with Crippen LogP contribution in [0.5, 0.6) is 0 Å². The maximum atomic E-state index is 12.1. The summed E-state index contributed by atoms with van der Waals surface area (Å²) in [5.41, 5.74) is 1.79. The van der Waals surface area contributed by atoms with Crippen LogP contribution in [0.4, 0.5) is 5.69 Å². The number of hydrogen-bond donors (Lipinski definition) is 1. The molecular formula is C39H59NO14. The Balaban J connectivity index is 1.20. The fraction of sp³-hybridized carbons (Fsp3) is 0.615. The van der Waals surface area contributed by atoms with E-state index in [0.717, 1.165) is 25.1 Å². The van der Waals surface area contributed by atoms with Crippen molar-refractivity contribution in [1.29, 1.82) is 0 Å². The molecule has 0 spiro atoms. The number of ketones is 1. The SMILES string of the molecule is CCCCNc1ccc(C(=O)OCCOCCOCCOCCOCCOCCOCCOCCOCCOCCOC(=O)C(=O)c2ccccc2)cc1. The summed E-state index contributed by atoms with van der Waals surface area (Å²) in [6, 6.07) is 15.5. The molecule has 0 saturated heterocycles. The van der Waals surface area contributed by atoms with Crippen LogP contribution in [-0.4, -0.2) is 156 Å². The third-order valence-electron chi connectivity index (χ3n) is 7.10. The van der Waals surface area contributed by atoms with E-state index in [1.165, 1.54) is 0 Å². The Hall–Kier alpha value is -3.51. The van der Waals surface area contributed by atoms with Gasteiger partial charge in [0.1, 0.15) is 13.2 Å². The molecule has 0 fully saturated rings. The van der Waals surface area contributed by atoms with Crippen molar-refractivity contribution in [1.82, 2.24) is 0 Å². The third-order valence-corrected chi connectivity index (χ3v) is 7.10. The Kier molecular flexibility index (Phi) is 29.4. The van der Waals surface area contributed by atoms with Crippen LogP contribution < -0.4 is 5.32 Å². The van der Waals surface area contributed by atoms with Crippen molar-refractivity contribution in [2.45, 2.75) is 19.8 Å². The summed E-state index contributed by atoms with van der Waals surface area (Å²) in [6.45, 7) is 10.7. The molecule has 0 aliphatic rings. The zero-order valence-corrected chi connectivity index (χ0v) is 31.7. The van der Waals surface area contributed by atoms with Crippen molar-refractivity contribution >= 4 is 23.4 Å². The molecule has 0 aliphatic carbocycles. The zero-order valence-electron chi connectivity index (χ0n) is 31.7. The van der Waals surface area contributed by atoms with Gasteiger partial charge in [-0.2, -0.15) is 0 Å². The van der Waals surface area contributed by atoms with E-state index < -0.39 is 11.8 Å². The predicted octanol–water partition coefficient (Wildman–Crippen LogP) is 3.63. The zero-order chi connectivity index (χ0) is 38.6. The largest absolute Gasteiger partial charge is 0.460 e. The quantitative estimate of drug-likeness (QED) is 0.0459. The molecule has 2 aromatic rings. The van der Waals surface area contributed by atoms with Gasteiger partial charge in [-0.1, -0.05) is 43.7 Å². The maximum absolute atomic E-state index is 12.1. The molecule has 15 nitrogen and oxygen atoms in total. The van der Waals surface area contributed by atoms with E-state index in [0.29, 0.717) is 123 Å². The summed E-state index contributed by atoms with van der Waals surface area (Å²) in [5, 5.41) is 3.31. The van der Waals surface area contributed by atoms with Crippen molar-refractivity contribution < 1.29 is 66.5 Å². The van der Waals surface area contributed by atoms with E-state index in [2.05, 4.69) is 12.2 Å². The normalized spacial score (nSPS) is 11.1. The highest BCUT2D eigenvalue weighted by Gasteiger charge is 2.17. The minimum atomic E-state index is -0.902. The average molecular weight is 766 g/mol. The number of Topliss-reactive ketones (excluding diaryl/α,β-unsaturated/α-hetero) is 1. The number of unbranched alkanes of at least 4 members (excludes halogenated alkanes) is 1. The summed E-state index contributed by atoms with van der Waals surface area (Å²) >= 11 is 0. The molecule has 0 aliphatic heterocycles. The topological polar surface area (TPSA) is 165 Å². The number of hydrogen-bond acceptors (Lipinski definition) is 15. The van der Waals surface area contributed by atoms with Crippen LogP contribution in [0.3, 0.4) is 0 Å². The molecule has 2 rings (SSSR count). The van der Waals surface area contributed by atoms with Crippen molar-refractivity contribution in [3.05, 3.63) is 65.7 Å². The van der Waals surface area contributed by atoms with Crippen LogP contribution in [-0.2, 0) is 56.9 Å². The van der Waals surface area contributed by atoms with E-state index >= 15 is 0 Å². The molecule has 0 amide bonds. The minimum Gasteiger partial charge on any atom is -0.460 e. The summed E-state index contributed by atoms with van der Waals surface area (Å²) in [4.78, 5) is 35.8. The van der Waals surface area contributed by atoms with Gasteiger partial charge in [0, 0.05) is 17.8 Å². The van der Waals surface area contributed by atoms with Crippen molar-refractivity contribution in [3.63, 3.8) is 0 Å². The highest BCUT2D eigenvalue weighted by atomic mass is 16.6. The number of ether oxygens (including phenoxy) is 11. The monoisotopic (exact) mass is 765 g/mol. The molecule has 0 aromatic heterocycles. The Morgan fingerprint density at radius 2 is 0.815 bits per heavy atom. The predicted molar refractivity (Wildman–Crippen MR) is 199 cm³/mol. The van der Waals surface area contributed by atoms with Gasteiger partial charge >= 0.3 is 11.9 Å². The number of carbonyl (C=O) groups excluding carboxylic acids is 3. The number of anilines is 1. The number of rotatable bonds is 37. The van der Waals surface area contributed by atoms with E-state index in [4.69, 9.17) is 52.1 Å². The number of carbonyl (C=O) groups is 3. The highest BCUT2D eigenvalue weighted by Crippen LogP contribution is 2.11. The Bertz CT molecular complexity index is 1200. The van der Waals surface area contributed by atoms with Gasteiger partial charge in [0.25, 0.3) is 5.78 Å². The van der Waals surface area contributed by atoms with Gasteiger partial charge in [0.2, 0.25) is 0 Å². The molecule has 15 heteroatoms. The molecule has 1 N–H and O–H groups in total. The standard InChI is InChI=1S/C39H59NO14/c1-2-3-13-40-36-11-9-35(10-12-36)38(42)53-32-30-51-28-26-49-24-22-47-20-18-45-16-14-44-15-17-46-19-21-48-23-25-50-27-29-52-31-33-54-39(43)37(41)34-7-5-4-6-8-34/h4-12,40H,2-3,13-33H2,1H3.